The van der Waals surface area contributed by atoms with E-state index in [9.17, 15) is 13.6 Å². The predicted octanol–water partition coefficient (Wildman–Crippen LogP) is 3.66. The van der Waals surface area contributed by atoms with E-state index < -0.39 is 11.6 Å². The molecule has 0 radical (unpaired) electrons. The van der Waals surface area contributed by atoms with E-state index in [2.05, 4.69) is 5.32 Å². The summed E-state index contributed by atoms with van der Waals surface area (Å²) < 4.78 is 27.9. The number of hydrogen-bond donors (Lipinski definition) is 1. The molecule has 5 heteroatoms. The maximum absolute atomic E-state index is 13.9. The Bertz CT molecular complexity index is 504. The first-order valence-corrected chi connectivity index (χ1v) is 7.47. The molecule has 0 saturated heterocycles. The lowest BCUT2D eigenvalue weighted by Crippen LogP contribution is -2.36. The first kappa shape index (κ1) is 15.7. The van der Waals surface area contributed by atoms with E-state index in [1.807, 2.05) is 13.8 Å². The van der Waals surface area contributed by atoms with Crippen LogP contribution in [0.5, 0.6) is 0 Å². The Hall–Kier alpha value is -1.65. The number of nitrogens with one attached hydrogen (secondary N) is 1. The van der Waals surface area contributed by atoms with Gasteiger partial charge in [0.2, 0.25) is 0 Å². The third-order valence-electron chi connectivity index (χ3n) is 3.45. The summed E-state index contributed by atoms with van der Waals surface area (Å²) in [5.41, 5.74) is -0.0879. The van der Waals surface area contributed by atoms with Crippen molar-refractivity contribution < 1.29 is 13.6 Å². The third kappa shape index (κ3) is 3.71. The molecule has 1 N–H and O–H groups in total. The van der Waals surface area contributed by atoms with Crippen LogP contribution < -0.4 is 5.32 Å². The molecule has 3 nitrogen and oxygen atoms in total. The number of carbonyl (C=O) groups is 1. The Morgan fingerprint density at radius 2 is 1.90 bits per heavy atom. The zero-order chi connectivity index (χ0) is 15.6. The van der Waals surface area contributed by atoms with Crippen LogP contribution in [0.15, 0.2) is 12.1 Å². The van der Waals surface area contributed by atoms with Crippen LogP contribution in [0, 0.1) is 17.6 Å². The minimum absolute atomic E-state index is 0.0826. The van der Waals surface area contributed by atoms with Crippen molar-refractivity contribution in [3.63, 3.8) is 0 Å². The smallest absolute Gasteiger partial charge is 0.254 e. The largest absolute Gasteiger partial charge is 0.381 e. The highest BCUT2D eigenvalue weighted by molar-refractivity contribution is 5.95. The van der Waals surface area contributed by atoms with E-state index in [0.717, 1.165) is 25.0 Å². The van der Waals surface area contributed by atoms with E-state index >= 15 is 0 Å². The molecule has 1 saturated carbocycles. The second kappa shape index (κ2) is 6.41. The zero-order valence-electron chi connectivity index (χ0n) is 12.7. The van der Waals surface area contributed by atoms with Gasteiger partial charge in [-0.05, 0) is 37.8 Å². The lowest BCUT2D eigenvalue weighted by Gasteiger charge is -2.24. The predicted molar refractivity (Wildman–Crippen MR) is 79.4 cm³/mol. The molecule has 1 aromatic carbocycles. The van der Waals surface area contributed by atoms with Crippen molar-refractivity contribution in [2.45, 2.75) is 39.7 Å². The number of nitrogens with zero attached hydrogens (tertiary/aromatic N) is 1. The molecule has 2 rings (SSSR count). The van der Waals surface area contributed by atoms with Gasteiger partial charge in [-0.3, -0.25) is 4.79 Å². The molecule has 0 spiro atoms. The number of carbonyl (C=O) groups excluding carboxylic acids is 1. The van der Waals surface area contributed by atoms with Crippen molar-refractivity contribution in [2.24, 2.45) is 5.92 Å². The first-order chi connectivity index (χ1) is 9.93. The standard InChI is InChI=1S/C16H22F2N2O/c1-4-19-15-13(17)7-11(8-14(15)18)16(21)20(9-10(2)3)12-5-6-12/h7-8,10,12,19H,4-6,9H2,1-3H3. The van der Waals surface area contributed by atoms with Gasteiger partial charge in [0.25, 0.3) is 5.91 Å². The summed E-state index contributed by atoms with van der Waals surface area (Å²) in [6.45, 7) is 6.84. The maximum atomic E-state index is 13.9. The lowest BCUT2D eigenvalue weighted by atomic mass is 10.1. The van der Waals surface area contributed by atoms with E-state index in [1.165, 1.54) is 0 Å². The summed E-state index contributed by atoms with van der Waals surface area (Å²) >= 11 is 0. The molecular weight excluding hydrogens is 274 g/mol. The van der Waals surface area contributed by atoms with Crippen molar-refractivity contribution in [1.82, 2.24) is 4.90 Å². The van der Waals surface area contributed by atoms with Gasteiger partial charge in [0, 0.05) is 24.7 Å². The molecule has 0 unspecified atom stereocenters. The number of amides is 1. The monoisotopic (exact) mass is 296 g/mol. The topological polar surface area (TPSA) is 32.3 Å². The molecule has 0 heterocycles. The first-order valence-electron chi connectivity index (χ1n) is 7.47. The summed E-state index contributed by atoms with van der Waals surface area (Å²) in [6.07, 6.45) is 1.94. The molecule has 21 heavy (non-hydrogen) atoms. The summed E-state index contributed by atoms with van der Waals surface area (Å²) in [5, 5.41) is 2.63. The number of hydrogen-bond acceptors (Lipinski definition) is 2. The second-order valence-corrected chi connectivity index (χ2v) is 5.93. The number of rotatable bonds is 6. The van der Waals surface area contributed by atoms with Crippen LogP contribution in [0.3, 0.4) is 0 Å². The highest BCUT2D eigenvalue weighted by Gasteiger charge is 2.33. The average Bonchev–Trinajstić information content (AvgIpc) is 3.23. The molecule has 0 bridgehead atoms. The van der Waals surface area contributed by atoms with Crippen LogP contribution >= 0.6 is 0 Å². The summed E-state index contributed by atoms with van der Waals surface area (Å²) in [7, 11) is 0. The maximum Gasteiger partial charge on any atom is 0.254 e. The fraction of sp³-hybridized carbons (Fsp3) is 0.562. The van der Waals surface area contributed by atoms with Crippen LogP contribution in [0.1, 0.15) is 44.0 Å². The Kier molecular flexibility index (Phi) is 4.80. The Morgan fingerprint density at radius 1 is 1.33 bits per heavy atom. The van der Waals surface area contributed by atoms with Crippen LogP contribution in [0.4, 0.5) is 14.5 Å². The van der Waals surface area contributed by atoms with E-state index in [-0.39, 0.29) is 23.2 Å². The Morgan fingerprint density at radius 3 is 2.33 bits per heavy atom. The SMILES string of the molecule is CCNc1c(F)cc(C(=O)N(CC(C)C)C2CC2)cc1F. The molecule has 0 atom stereocenters. The van der Waals surface area contributed by atoms with E-state index in [4.69, 9.17) is 0 Å². The number of benzene rings is 1. The van der Waals surface area contributed by atoms with E-state index in [1.54, 1.807) is 11.8 Å². The fourth-order valence-corrected chi connectivity index (χ4v) is 2.39. The molecule has 0 aromatic heterocycles. The number of halogens is 2. The summed E-state index contributed by atoms with van der Waals surface area (Å²) in [5.74, 6) is -1.40. The van der Waals surface area contributed by atoms with E-state index in [0.29, 0.717) is 19.0 Å². The van der Waals surface area contributed by atoms with Crippen molar-refractivity contribution in [3.8, 4) is 0 Å². The van der Waals surface area contributed by atoms with Gasteiger partial charge in [0.1, 0.15) is 17.3 Å². The minimum atomic E-state index is -0.722. The van der Waals surface area contributed by atoms with Crippen molar-refractivity contribution >= 4 is 11.6 Å². The van der Waals surface area contributed by atoms with Gasteiger partial charge in [-0.15, -0.1) is 0 Å². The quantitative estimate of drug-likeness (QED) is 0.869. The molecule has 116 valence electrons. The summed E-state index contributed by atoms with van der Waals surface area (Å²) in [6, 6.07) is 2.47. The molecule has 1 fully saturated rings. The second-order valence-electron chi connectivity index (χ2n) is 5.93. The van der Waals surface area contributed by atoms with Gasteiger partial charge < -0.3 is 10.2 Å². The lowest BCUT2D eigenvalue weighted by molar-refractivity contribution is 0.0721. The minimum Gasteiger partial charge on any atom is -0.381 e. The normalized spacial score (nSPS) is 14.4. The van der Waals surface area contributed by atoms with Gasteiger partial charge in [-0.1, -0.05) is 13.8 Å². The van der Waals surface area contributed by atoms with Gasteiger partial charge in [-0.2, -0.15) is 0 Å². The van der Waals surface area contributed by atoms with Gasteiger partial charge in [-0.25, -0.2) is 8.78 Å². The third-order valence-corrected chi connectivity index (χ3v) is 3.45. The molecule has 0 aliphatic heterocycles. The van der Waals surface area contributed by atoms with Crippen LogP contribution in [0.25, 0.3) is 0 Å². The van der Waals surface area contributed by atoms with Crippen molar-refractivity contribution in [1.29, 1.82) is 0 Å². The van der Waals surface area contributed by atoms with Gasteiger partial charge >= 0.3 is 0 Å². The molecule has 1 aromatic rings. The zero-order valence-corrected chi connectivity index (χ0v) is 12.7. The van der Waals surface area contributed by atoms with Crippen LogP contribution in [0.2, 0.25) is 0 Å². The molecule has 1 aliphatic rings. The van der Waals surface area contributed by atoms with Crippen LogP contribution in [-0.2, 0) is 0 Å². The van der Waals surface area contributed by atoms with Gasteiger partial charge in [0.05, 0.1) is 0 Å². The highest BCUT2D eigenvalue weighted by Crippen LogP contribution is 2.30. The summed E-state index contributed by atoms with van der Waals surface area (Å²) in [4.78, 5) is 14.2. The molecule has 1 amide bonds. The Balaban J connectivity index is 2.25. The average molecular weight is 296 g/mol. The van der Waals surface area contributed by atoms with Crippen molar-refractivity contribution in [2.75, 3.05) is 18.4 Å². The fourth-order valence-electron chi connectivity index (χ4n) is 2.39. The molecular formula is C16H22F2N2O. The van der Waals surface area contributed by atoms with Crippen LogP contribution in [-0.4, -0.2) is 29.9 Å². The molecule has 1 aliphatic carbocycles. The highest BCUT2D eigenvalue weighted by atomic mass is 19.1. The Labute approximate surface area is 124 Å². The number of anilines is 1. The van der Waals surface area contributed by atoms with Gasteiger partial charge in [0.15, 0.2) is 0 Å². The van der Waals surface area contributed by atoms with Crippen molar-refractivity contribution in [3.05, 3.63) is 29.3 Å².